The second-order valence-electron chi connectivity index (χ2n) is 7.28. The van der Waals surface area contributed by atoms with Gasteiger partial charge in [0, 0.05) is 30.7 Å². The molecule has 1 aromatic heterocycles. The summed E-state index contributed by atoms with van der Waals surface area (Å²) in [4.78, 5) is 15.7. The third kappa shape index (κ3) is 6.77. The van der Waals surface area contributed by atoms with Crippen LogP contribution in [-0.4, -0.2) is 22.5 Å². The van der Waals surface area contributed by atoms with Crippen LogP contribution < -0.4 is 4.74 Å². The fourth-order valence-corrected chi connectivity index (χ4v) is 3.38. The molecule has 0 aromatic carbocycles. The number of hydrogen-bond acceptors (Lipinski definition) is 4. The summed E-state index contributed by atoms with van der Waals surface area (Å²) in [7, 11) is 0. The van der Waals surface area contributed by atoms with E-state index >= 15 is 0 Å². The van der Waals surface area contributed by atoms with Crippen LogP contribution in [0.3, 0.4) is 0 Å². The van der Waals surface area contributed by atoms with Gasteiger partial charge in [0.25, 0.3) is 0 Å². The molecule has 1 aliphatic carbocycles. The van der Waals surface area contributed by atoms with E-state index in [2.05, 4.69) is 11.9 Å². The Morgan fingerprint density at radius 2 is 1.68 bits per heavy atom. The minimum atomic E-state index is -0.906. The predicted molar refractivity (Wildman–Crippen MR) is 99.7 cm³/mol. The van der Waals surface area contributed by atoms with Crippen molar-refractivity contribution in [1.82, 2.24) is 4.98 Å². The number of unbranched alkanes of at least 4 members (excludes halogenated alkanes) is 7. The fourth-order valence-electron chi connectivity index (χ4n) is 3.38. The van der Waals surface area contributed by atoms with Crippen molar-refractivity contribution in [3.8, 4) is 5.88 Å². The van der Waals surface area contributed by atoms with Crippen LogP contribution >= 0.6 is 0 Å². The zero-order valence-electron chi connectivity index (χ0n) is 15.6. The molecule has 0 unspecified atom stereocenters. The second kappa shape index (κ2) is 10.5. The Labute approximate surface area is 152 Å². The number of hydrogen-bond donors (Lipinski definition) is 1. The van der Waals surface area contributed by atoms with Crippen molar-refractivity contribution in [2.45, 2.75) is 89.6 Å². The maximum absolute atomic E-state index is 11.3. The van der Waals surface area contributed by atoms with Gasteiger partial charge in [-0.3, -0.25) is 4.79 Å². The van der Waals surface area contributed by atoms with Crippen LogP contribution in [-0.2, 0) is 10.4 Å². The first-order chi connectivity index (χ1) is 12.1. The van der Waals surface area contributed by atoms with Crippen molar-refractivity contribution in [1.29, 1.82) is 0 Å². The summed E-state index contributed by atoms with van der Waals surface area (Å²) in [5, 5.41) is 10.7. The summed E-state index contributed by atoms with van der Waals surface area (Å²) in [5.74, 6) is 0.852. The smallest absolute Gasteiger partial charge is 0.213 e. The lowest BCUT2D eigenvalue weighted by atomic mass is 9.80. The molecule has 1 aliphatic rings. The van der Waals surface area contributed by atoms with Crippen LogP contribution in [0.1, 0.15) is 89.5 Å². The third-order valence-electron chi connectivity index (χ3n) is 5.16. The normalized spacial score (nSPS) is 16.8. The number of pyridine rings is 1. The van der Waals surface area contributed by atoms with Gasteiger partial charge in [0.1, 0.15) is 5.78 Å². The Bertz CT molecular complexity index is 502. The van der Waals surface area contributed by atoms with Gasteiger partial charge in [0.2, 0.25) is 5.88 Å². The lowest BCUT2D eigenvalue weighted by Gasteiger charge is -2.31. The molecule has 0 saturated heterocycles. The summed E-state index contributed by atoms with van der Waals surface area (Å²) >= 11 is 0. The largest absolute Gasteiger partial charge is 0.478 e. The van der Waals surface area contributed by atoms with E-state index in [1.54, 1.807) is 6.20 Å². The summed E-state index contributed by atoms with van der Waals surface area (Å²) in [6.45, 7) is 2.94. The highest BCUT2D eigenvalue weighted by molar-refractivity contribution is 5.79. The molecule has 0 amide bonds. The highest BCUT2D eigenvalue weighted by Crippen LogP contribution is 2.35. The molecule has 1 N–H and O–H groups in total. The molecule has 1 heterocycles. The van der Waals surface area contributed by atoms with E-state index in [1.807, 2.05) is 12.1 Å². The lowest BCUT2D eigenvalue weighted by Crippen LogP contribution is -2.31. The summed E-state index contributed by atoms with van der Waals surface area (Å²) < 4.78 is 5.70. The number of Topliss-reactive ketones (excluding diaryl/α,β-unsaturated/α-hetero) is 1. The maximum atomic E-state index is 11.3. The van der Waals surface area contributed by atoms with Gasteiger partial charge in [0.15, 0.2) is 0 Å². The van der Waals surface area contributed by atoms with E-state index in [1.165, 1.54) is 44.9 Å². The lowest BCUT2D eigenvalue weighted by molar-refractivity contribution is -0.125. The van der Waals surface area contributed by atoms with E-state index in [9.17, 15) is 9.90 Å². The Hall–Kier alpha value is -1.42. The Kier molecular flexibility index (Phi) is 8.39. The maximum Gasteiger partial charge on any atom is 0.213 e. The van der Waals surface area contributed by atoms with E-state index in [0.29, 0.717) is 38.2 Å². The zero-order chi connectivity index (χ0) is 18.0. The number of ketones is 1. The summed E-state index contributed by atoms with van der Waals surface area (Å²) in [6.07, 6.45) is 13.8. The average Bonchev–Trinajstić information content (AvgIpc) is 2.63. The number of carbonyl (C=O) groups is 1. The average molecular weight is 347 g/mol. The van der Waals surface area contributed by atoms with E-state index in [0.717, 1.165) is 12.0 Å². The topological polar surface area (TPSA) is 59.4 Å². The first kappa shape index (κ1) is 19.9. The molecule has 0 bridgehead atoms. The van der Waals surface area contributed by atoms with Crippen molar-refractivity contribution in [3.05, 3.63) is 23.9 Å². The molecule has 1 fully saturated rings. The molecule has 0 spiro atoms. The SMILES string of the molecule is CCCCCCCCCCOc1ccc(C2(O)CCC(=O)CC2)cn1. The van der Waals surface area contributed by atoms with Gasteiger partial charge < -0.3 is 9.84 Å². The van der Waals surface area contributed by atoms with Gasteiger partial charge in [-0.2, -0.15) is 0 Å². The molecule has 0 aliphatic heterocycles. The van der Waals surface area contributed by atoms with Crippen molar-refractivity contribution in [2.75, 3.05) is 6.61 Å². The summed E-state index contributed by atoms with van der Waals surface area (Å²) in [5.41, 5.74) is -0.114. The number of rotatable bonds is 11. The van der Waals surface area contributed by atoms with Gasteiger partial charge in [-0.25, -0.2) is 4.98 Å². The highest BCUT2D eigenvalue weighted by Gasteiger charge is 2.34. The molecule has 140 valence electrons. The standard InChI is InChI=1S/C21H33NO3/c1-2-3-4-5-6-7-8-9-16-25-20-11-10-18(17-22-20)21(24)14-12-19(23)13-15-21/h10-11,17,24H,2-9,12-16H2,1H3. The van der Waals surface area contributed by atoms with Gasteiger partial charge in [0.05, 0.1) is 12.2 Å². The van der Waals surface area contributed by atoms with Crippen LogP contribution in [0.4, 0.5) is 0 Å². The van der Waals surface area contributed by atoms with Gasteiger partial charge in [-0.1, -0.05) is 51.9 Å². The minimum Gasteiger partial charge on any atom is -0.478 e. The summed E-state index contributed by atoms with van der Waals surface area (Å²) in [6, 6.07) is 3.71. The van der Waals surface area contributed by atoms with Crippen LogP contribution in [0.15, 0.2) is 18.3 Å². The zero-order valence-corrected chi connectivity index (χ0v) is 15.6. The molecule has 4 nitrogen and oxygen atoms in total. The first-order valence-corrected chi connectivity index (χ1v) is 9.97. The van der Waals surface area contributed by atoms with Crippen molar-refractivity contribution >= 4 is 5.78 Å². The van der Waals surface area contributed by atoms with Gasteiger partial charge in [-0.05, 0) is 25.3 Å². The molecule has 4 heteroatoms. The molecule has 0 radical (unpaired) electrons. The third-order valence-corrected chi connectivity index (χ3v) is 5.16. The van der Waals surface area contributed by atoms with Gasteiger partial charge >= 0.3 is 0 Å². The quantitative estimate of drug-likeness (QED) is 0.577. The van der Waals surface area contributed by atoms with Crippen molar-refractivity contribution in [2.24, 2.45) is 0 Å². The molecule has 1 aromatic rings. The molecular formula is C21H33NO3. The molecule has 1 saturated carbocycles. The predicted octanol–water partition coefficient (Wildman–Crippen LogP) is 4.93. The monoisotopic (exact) mass is 347 g/mol. The number of ether oxygens (including phenoxy) is 1. The van der Waals surface area contributed by atoms with Crippen molar-refractivity contribution < 1.29 is 14.6 Å². The number of aliphatic hydroxyl groups is 1. The second-order valence-corrected chi connectivity index (χ2v) is 7.28. The number of aromatic nitrogens is 1. The van der Waals surface area contributed by atoms with Crippen LogP contribution in [0.2, 0.25) is 0 Å². The molecule has 0 atom stereocenters. The number of nitrogens with zero attached hydrogens (tertiary/aromatic N) is 1. The first-order valence-electron chi connectivity index (χ1n) is 9.97. The van der Waals surface area contributed by atoms with Crippen LogP contribution in [0, 0.1) is 0 Å². The van der Waals surface area contributed by atoms with Crippen LogP contribution in [0.25, 0.3) is 0 Å². The Morgan fingerprint density at radius 3 is 2.28 bits per heavy atom. The molecule has 25 heavy (non-hydrogen) atoms. The van der Waals surface area contributed by atoms with E-state index < -0.39 is 5.60 Å². The minimum absolute atomic E-state index is 0.239. The Morgan fingerprint density at radius 1 is 1.04 bits per heavy atom. The van der Waals surface area contributed by atoms with Crippen molar-refractivity contribution in [3.63, 3.8) is 0 Å². The van der Waals surface area contributed by atoms with Gasteiger partial charge in [-0.15, -0.1) is 0 Å². The van der Waals surface area contributed by atoms with Crippen LogP contribution in [0.5, 0.6) is 5.88 Å². The number of carbonyl (C=O) groups excluding carboxylic acids is 1. The van der Waals surface area contributed by atoms with E-state index in [-0.39, 0.29) is 5.78 Å². The highest BCUT2D eigenvalue weighted by atomic mass is 16.5. The Balaban J connectivity index is 1.63. The van der Waals surface area contributed by atoms with E-state index in [4.69, 9.17) is 4.74 Å². The molecular weight excluding hydrogens is 314 g/mol. The fraction of sp³-hybridized carbons (Fsp3) is 0.714. The molecule has 2 rings (SSSR count).